The number of para-hydroxylation sites is 1. The van der Waals surface area contributed by atoms with Crippen LogP contribution in [0.2, 0.25) is 0 Å². The number of thiophene rings is 1. The Kier molecular flexibility index (Phi) is 7.70. The Morgan fingerprint density at radius 1 is 1.28 bits per heavy atom. The first-order valence-corrected chi connectivity index (χ1v) is 9.19. The van der Waals surface area contributed by atoms with E-state index in [2.05, 4.69) is 6.58 Å². The van der Waals surface area contributed by atoms with Crippen molar-refractivity contribution < 1.29 is 14.3 Å². The van der Waals surface area contributed by atoms with Crippen LogP contribution in [0.25, 0.3) is 0 Å². The van der Waals surface area contributed by atoms with Gasteiger partial charge in [0, 0.05) is 17.0 Å². The molecule has 2 rings (SSSR count). The summed E-state index contributed by atoms with van der Waals surface area (Å²) in [6.45, 7) is 7.01. The van der Waals surface area contributed by atoms with E-state index in [9.17, 15) is 4.79 Å². The second kappa shape index (κ2) is 10.0. The number of hydrogen-bond donors (Lipinski definition) is 0. The lowest BCUT2D eigenvalue weighted by Crippen LogP contribution is -2.38. The van der Waals surface area contributed by atoms with Crippen molar-refractivity contribution in [2.24, 2.45) is 0 Å². The molecule has 0 radical (unpaired) electrons. The molecule has 0 saturated carbocycles. The third kappa shape index (κ3) is 5.73. The maximum absolute atomic E-state index is 12.9. The van der Waals surface area contributed by atoms with Gasteiger partial charge >= 0.3 is 0 Å². The molecule has 1 heterocycles. The standard InChI is InChI=1S/C20H25NO3S/c1-4-5-12-24-16(2)20(22)21(15-18-10-8-13-25-18)14-17-9-6-7-11-19(17)23-3/h4,6-11,13,16H,1,5,12,14-15H2,2-3H3. The summed E-state index contributed by atoms with van der Waals surface area (Å²) in [5, 5.41) is 2.02. The monoisotopic (exact) mass is 359 g/mol. The number of ether oxygens (including phenoxy) is 2. The maximum atomic E-state index is 12.9. The summed E-state index contributed by atoms with van der Waals surface area (Å²) in [5.74, 6) is 0.759. The second-order valence-electron chi connectivity index (χ2n) is 5.68. The van der Waals surface area contributed by atoms with Gasteiger partial charge < -0.3 is 14.4 Å². The van der Waals surface area contributed by atoms with Crippen LogP contribution in [0.3, 0.4) is 0 Å². The third-order valence-electron chi connectivity index (χ3n) is 3.83. The first-order chi connectivity index (χ1) is 12.2. The van der Waals surface area contributed by atoms with Crippen LogP contribution in [0.1, 0.15) is 23.8 Å². The van der Waals surface area contributed by atoms with Crippen molar-refractivity contribution in [2.45, 2.75) is 32.5 Å². The molecule has 0 aliphatic rings. The minimum Gasteiger partial charge on any atom is -0.496 e. The number of carbonyl (C=O) groups is 1. The van der Waals surface area contributed by atoms with Gasteiger partial charge in [0.25, 0.3) is 5.91 Å². The molecule has 0 aliphatic carbocycles. The molecule has 0 fully saturated rings. The number of carbonyl (C=O) groups excluding carboxylic acids is 1. The summed E-state index contributed by atoms with van der Waals surface area (Å²) in [7, 11) is 1.64. The van der Waals surface area contributed by atoms with E-state index in [1.165, 1.54) is 0 Å². The van der Waals surface area contributed by atoms with Crippen molar-refractivity contribution in [1.29, 1.82) is 0 Å². The first-order valence-electron chi connectivity index (χ1n) is 8.31. The van der Waals surface area contributed by atoms with Crippen LogP contribution in [0, 0.1) is 0 Å². The van der Waals surface area contributed by atoms with Gasteiger partial charge in [-0.15, -0.1) is 17.9 Å². The van der Waals surface area contributed by atoms with Gasteiger partial charge in [0.15, 0.2) is 0 Å². The largest absolute Gasteiger partial charge is 0.496 e. The van der Waals surface area contributed by atoms with Crippen LogP contribution in [-0.4, -0.2) is 30.6 Å². The average Bonchev–Trinajstić information content (AvgIpc) is 3.14. The molecule has 1 aromatic carbocycles. The lowest BCUT2D eigenvalue weighted by Gasteiger charge is -2.26. The second-order valence-corrected chi connectivity index (χ2v) is 6.71. The minimum absolute atomic E-state index is 0.0247. The predicted molar refractivity (Wildman–Crippen MR) is 102 cm³/mol. The van der Waals surface area contributed by atoms with E-state index in [0.717, 1.165) is 22.6 Å². The minimum atomic E-state index is -0.491. The zero-order valence-electron chi connectivity index (χ0n) is 14.8. The third-order valence-corrected chi connectivity index (χ3v) is 4.69. The van der Waals surface area contributed by atoms with Crippen LogP contribution < -0.4 is 4.74 Å². The van der Waals surface area contributed by atoms with Crippen molar-refractivity contribution in [3.05, 3.63) is 64.9 Å². The predicted octanol–water partition coefficient (Wildman–Crippen LogP) is 4.27. The highest BCUT2D eigenvalue weighted by molar-refractivity contribution is 7.09. The van der Waals surface area contributed by atoms with Crippen molar-refractivity contribution in [3.8, 4) is 5.75 Å². The number of nitrogens with zero attached hydrogens (tertiary/aromatic N) is 1. The molecule has 134 valence electrons. The SMILES string of the molecule is C=CCCOC(C)C(=O)N(Cc1cccs1)Cc1ccccc1OC. The van der Waals surface area contributed by atoms with Crippen molar-refractivity contribution in [1.82, 2.24) is 4.90 Å². The van der Waals surface area contributed by atoms with Gasteiger partial charge in [-0.2, -0.15) is 0 Å². The lowest BCUT2D eigenvalue weighted by molar-refractivity contribution is -0.143. The van der Waals surface area contributed by atoms with E-state index in [1.54, 1.807) is 31.4 Å². The van der Waals surface area contributed by atoms with Crippen molar-refractivity contribution >= 4 is 17.2 Å². The molecule has 1 atom stereocenters. The molecule has 0 N–H and O–H groups in total. The highest BCUT2D eigenvalue weighted by Crippen LogP contribution is 2.22. The molecule has 2 aromatic rings. The van der Waals surface area contributed by atoms with Gasteiger partial charge in [0.05, 0.1) is 20.3 Å². The molecule has 4 nitrogen and oxygen atoms in total. The normalized spacial score (nSPS) is 11.8. The van der Waals surface area contributed by atoms with Crippen molar-refractivity contribution in [3.63, 3.8) is 0 Å². The number of amides is 1. The molecule has 1 aromatic heterocycles. The molecule has 0 aliphatic heterocycles. The summed E-state index contributed by atoms with van der Waals surface area (Å²) in [6.07, 6.45) is 2.03. The van der Waals surface area contributed by atoms with Gasteiger partial charge in [0.2, 0.25) is 0 Å². The number of rotatable bonds is 10. The molecular formula is C20H25NO3S. The van der Waals surface area contributed by atoms with Crippen LogP contribution in [0.15, 0.2) is 54.4 Å². The van der Waals surface area contributed by atoms with E-state index < -0.39 is 6.10 Å². The zero-order chi connectivity index (χ0) is 18.1. The van der Waals surface area contributed by atoms with E-state index in [0.29, 0.717) is 19.7 Å². The fourth-order valence-electron chi connectivity index (χ4n) is 2.50. The van der Waals surface area contributed by atoms with Gasteiger partial charge in [-0.25, -0.2) is 0 Å². The Labute approximate surface area is 153 Å². The van der Waals surface area contributed by atoms with Gasteiger partial charge in [0.1, 0.15) is 11.9 Å². The summed E-state index contributed by atoms with van der Waals surface area (Å²) in [4.78, 5) is 15.9. The van der Waals surface area contributed by atoms with Crippen LogP contribution in [0.4, 0.5) is 0 Å². The highest BCUT2D eigenvalue weighted by atomic mass is 32.1. The summed E-state index contributed by atoms with van der Waals surface area (Å²) < 4.78 is 11.1. The molecule has 0 saturated heterocycles. The zero-order valence-corrected chi connectivity index (χ0v) is 15.6. The van der Waals surface area contributed by atoms with Crippen LogP contribution >= 0.6 is 11.3 Å². The first kappa shape index (κ1) is 19.2. The Morgan fingerprint density at radius 2 is 2.08 bits per heavy atom. The Balaban J connectivity index is 2.14. The Hall–Kier alpha value is -2.11. The highest BCUT2D eigenvalue weighted by Gasteiger charge is 2.22. The number of methoxy groups -OCH3 is 1. The Bertz CT molecular complexity index is 669. The molecule has 1 amide bonds. The van der Waals surface area contributed by atoms with Gasteiger partial charge in [-0.05, 0) is 30.9 Å². The summed E-state index contributed by atoms with van der Waals surface area (Å²) in [6, 6.07) is 11.8. The molecular weight excluding hydrogens is 334 g/mol. The quantitative estimate of drug-likeness (QED) is 0.470. The molecule has 5 heteroatoms. The fourth-order valence-corrected chi connectivity index (χ4v) is 3.22. The number of benzene rings is 1. The maximum Gasteiger partial charge on any atom is 0.252 e. The average molecular weight is 359 g/mol. The lowest BCUT2D eigenvalue weighted by atomic mass is 10.1. The topological polar surface area (TPSA) is 38.8 Å². The fraction of sp³-hybridized carbons (Fsp3) is 0.350. The van der Waals surface area contributed by atoms with Crippen LogP contribution in [0.5, 0.6) is 5.75 Å². The van der Waals surface area contributed by atoms with E-state index in [1.807, 2.05) is 46.7 Å². The molecule has 25 heavy (non-hydrogen) atoms. The summed E-state index contributed by atoms with van der Waals surface area (Å²) in [5.41, 5.74) is 0.980. The molecule has 1 unspecified atom stereocenters. The van der Waals surface area contributed by atoms with Crippen molar-refractivity contribution in [2.75, 3.05) is 13.7 Å². The van der Waals surface area contributed by atoms with Gasteiger partial charge in [-0.3, -0.25) is 4.79 Å². The smallest absolute Gasteiger partial charge is 0.252 e. The van der Waals surface area contributed by atoms with E-state index >= 15 is 0 Å². The molecule has 0 bridgehead atoms. The molecule has 0 spiro atoms. The van der Waals surface area contributed by atoms with Gasteiger partial charge in [-0.1, -0.05) is 30.3 Å². The number of hydrogen-bond acceptors (Lipinski definition) is 4. The van der Waals surface area contributed by atoms with E-state index in [-0.39, 0.29) is 5.91 Å². The van der Waals surface area contributed by atoms with Crippen LogP contribution in [-0.2, 0) is 22.6 Å². The Morgan fingerprint density at radius 3 is 2.76 bits per heavy atom. The van der Waals surface area contributed by atoms with E-state index in [4.69, 9.17) is 9.47 Å². The summed E-state index contributed by atoms with van der Waals surface area (Å²) >= 11 is 1.64.